The second kappa shape index (κ2) is 6.93. The van der Waals surface area contributed by atoms with Crippen molar-refractivity contribution >= 4 is 23.6 Å². The van der Waals surface area contributed by atoms with Crippen LogP contribution in [0.1, 0.15) is 24.1 Å². The lowest BCUT2D eigenvalue weighted by atomic mass is 10.1. The molecule has 2 aromatic rings. The number of fused-ring (bicyclic) bond motifs is 1. The summed E-state index contributed by atoms with van der Waals surface area (Å²) < 4.78 is 23.6. The zero-order chi connectivity index (χ0) is 17.1. The van der Waals surface area contributed by atoms with Crippen LogP contribution in [-0.4, -0.2) is 12.7 Å². The van der Waals surface area contributed by atoms with E-state index in [9.17, 15) is 9.18 Å². The van der Waals surface area contributed by atoms with E-state index in [0.29, 0.717) is 17.1 Å². The predicted molar refractivity (Wildman–Crippen MR) is 89.6 cm³/mol. The highest BCUT2D eigenvalue weighted by molar-refractivity contribution is 6.32. The van der Waals surface area contributed by atoms with Crippen LogP contribution in [-0.2, 0) is 4.79 Å². The molecule has 3 rings (SSSR count). The fraction of sp³-hybridized carbons (Fsp3) is 0.167. The lowest BCUT2D eigenvalue weighted by Gasteiger charge is -2.13. The summed E-state index contributed by atoms with van der Waals surface area (Å²) in [5.74, 6) is 0.670. The van der Waals surface area contributed by atoms with Crippen molar-refractivity contribution < 1.29 is 18.7 Å². The molecule has 1 N–H and O–H groups in total. The number of ether oxygens (including phenoxy) is 2. The molecule has 6 heteroatoms. The van der Waals surface area contributed by atoms with Gasteiger partial charge in [-0.25, -0.2) is 4.39 Å². The minimum atomic E-state index is -0.418. The summed E-state index contributed by atoms with van der Waals surface area (Å²) in [6.07, 6.45) is 2.91. The molecule has 0 aromatic heterocycles. The Bertz CT molecular complexity index is 807. The Labute approximate surface area is 143 Å². The molecule has 1 amide bonds. The number of carbonyl (C=O) groups excluding carboxylic acids is 1. The zero-order valence-corrected chi connectivity index (χ0v) is 13.6. The third-order valence-corrected chi connectivity index (χ3v) is 3.96. The molecule has 0 aliphatic carbocycles. The molecule has 124 valence electrons. The van der Waals surface area contributed by atoms with E-state index in [4.69, 9.17) is 21.1 Å². The number of amides is 1. The molecule has 0 spiro atoms. The van der Waals surface area contributed by atoms with E-state index < -0.39 is 5.82 Å². The fourth-order valence-corrected chi connectivity index (χ4v) is 2.56. The first-order valence-corrected chi connectivity index (χ1v) is 7.74. The van der Waals surface area contributed by atoms with Gasteiger partial charge in [-0.05, 0) is 48.4 Å². The molecule has 0 fully saturated rings. The van der Waals surface area contributed by atoms with Gasteiger partial charge >= 0.3 is 0 Å². The largest absolute Gasteiger partial charge is 0.454 e. The maximum Gasteiger partial charge on any atom is 0.244 e. The summed E-state index contributed by atoms with van der Waals surface area (Å²) in [6, 6.07) is 9.33. The van der Waals surface area contributed by atoms with Gasteiger partial charge in [0, 0.05) is 6.08 Å². The smallest absolute Gasteiger partial charge is 0.244 e. The first-order valence-electron chi connectivity index (χ1n) is 7.36. The fourth-order valence-electron chi connectivity index (χ4n) is 2.33. The zero-order valence-electron chi connectivity index (χ0n) is 12.9. The Kier molecular flexibility index (Phi) is 4.71. The Morgan fingerprint density at radius 2 is 2.04 bits per heavy atom. The first kappa shape index (κ1) is 16.3. The standard InChI is InChI=1S/C18H15ClFNO3/c1-11(13-3-6-16-17(8-13)24-10-23-16)21-18(22)7-4-12-2-5-14(20)9-15(12)19/h2-9,11H,10H2,1H3,(H,21,22). The topological polar surface area (TPSA) is 47.6 Å². The number of carbonyl (C=O) groups is 1. The van der Waals surface area contributed by atoms with Crippen molar-refractivity contribution in [2.45, 2.75) is 13.0 Å². The summed E-state index contributed by atoms with van der Waals surface area (Å²) in [5, 5.41) is 3.10. The van der Waals surface area contributed by atoms with Crippen LogP contribution in [0, 0.1) is 5.82 Å². The van der Waals surface area contributed by atoms with E-state index in [1.807, 2.05) is 25.1 Å². The molecule has 0 saturated carbocycles. The van der Waals surface area contributed by atoms with Gasteiger partial charge in [-0.3, -0.25) is 4.79 Å². The number of hydrogen-bond acceptors (Lipinski definition) is 3. The second-order valence-corrected chi connectivity index (χ2v) is 5.75. The third-order valence-electron chi connectivity index (χ3n) is 3.63. The Morgan fingerprint density at radius 3 is 2.83 bits per heavy atom. The minimum Gasteiger partial charge on any atom is -0.454 e. The lowest BCUT2D eigenvalue weighted by Crippen LogP contribution is -2.24. The van der Waals surface area contributed by atoms with Gasteiger partial charge in [0.1, 0.15) is 5.82 Å². The first-order chi connectivity index (χ1) is 11.5. The Hall–Kier alpha value is -2.53. The number of hydrogen-bond donors (Lipinski definition) is 1. The van der Waals surface area contributed by atoms with E-state index in [0.717, 1.165) is 5.56 Å². The molecule has 1 unspecified atom stereocenters. The number of rotatable bonds is 4. The van der Waals surface area contributed by atoms with Crippen LogP contribution in [0.25, 0.3) is 6.08 Å². The van der Waals surface area contributed by atoms with Crippen LogP contribution < -0.4 is 14.8 Å². The summed E-state index contributed by atoms with van der Waals surface area (Å²) in [6.45, 7) is 2.08. The molecular weight excluding hydrogens is 333 g/mol. The van der Waals surface area contributed by atoms with E-state index in [-0.39, 0.29) is 23.8 Å². The Balaban J connectivity index is 1.64. The van der Waals surface area contributed by atoms with Crippen LogP contribution in [0.3, 0.4) is 0 Å². The molecule has 0 saturated heterocycles. The quantitative estimate of drug-likeness (QED) is 0.847. The molecule has 1 atom stereocenters. The predicted octanol–water partition coefficient (Wildman–Crippen LogP) is 4.10. The van der Waals surface area contributed by atoms with E-state index in [2.05, 4.69) is 5.32 Å². The van der Waals surface area contributed by atoms with E-state index >= 15 is 0 Å². The molecule has 0 radical (unpaired) electrons. The summed E-state index contributed by atoms with van der Waals surface area (Å²) in [7, 11) is 0. The lowest BCUT2D eigenvalue weighted by molar-refractivity contribution is -0.117. The van der Waals surface area contributed by atoms with Gasteiger partial charge in [0.2, 0.25) is 12.7 Å². The highest BCUT2D eigenvalue weighted by atomic mass is 35.5. The molecular formula is C18H15ClFNO3. The molecule has 4 nitrogen and oxygen atoms in total. The van der Waals surface area contributed by atoms with Gasteiger partial charge < -0.3 is 14.8 Å². The highest BCUT2D eigenvalue weighted by Crippen LogP contribution is 2.34. The van der Waals surface area contributed by atoms with Crippen LogP contribution in [0.5, 0.6) is 11.5 Å². The van der Waals surface area contributed by atoms with Gasteiger partial charge in [-0.2, -0.15) is 0 Å². The molecule has 24 heavy (non-hydrogen) atoms. The SMILES string of the molecule is CC(NC(=O)C=Cc1ccc(F)cc1Cl)c1ccc2c(c1)OCO2. The van der Waals surface area contributed by atoms with Crippen molar-refractivity contribution in [3.63, 3.8) is 0 Å². The third kappa shape index (κ3) is 3.68. The van der Waals surface area contributed by atoms with Gasteiger partial charge in [-0.1, -0.05) is 23.7 Å². The molecule has 2 aromatic carbocycles. The van der Waals surface area contributed by atoms with Crippen LogP contribution in [0.2, 0.25) is 5.02 Å². The summed E-state index contributed by atoms with van der Waals surface area (Å²) in [4.78, 5) is 12.0. The normalized spacial score (nSPS) is 14.0. The average molecular weight is 348 g/mol. The number of nitrogens with one attached hydrogen (secondary N) is 1. The minimum absolute atomic E-state index is 0.208. The van der Waals surface area contributed by atoms with Crippen molar-refractivity contribution in [2.24, 2.45) is 0 Å². The Morgan fingerprint density at radius 1 is 1.25 bits per heavy atom. The van der Waals surface area contributed by atoms with Gasteiger partial charge in [0.15, 0.2) is 11.5 Å². The number of benzene rings is 2. The average Bonchev–Trinajstić information content (AvgIpc) is 3.01. The van der Waals surface area contributed by atoms with Crippen molar-refractivity contribution in [3.05, 3.63) is 64.4 Å². The molecule has 1 aliphatic rings. The van der Waals surface area contributed by atoms with Gasteiger partial charge in [0.25, 0.3) is 0 Å². The monoisotopic (exact) mass is 347 g/mol. The number of halogens is 2. The van der Waals surface area contributed by atoms with Crippen LogP contribution in [0.4, 0.5) is 4.39 Å². The molecule has 0 bridgehead atoms. The maximum atomic E-state index is 13.0. The van der Waals surface area contributed by atoms with Crippen molar-refractivity contribution in [1.82, 2.24) is 5.32 Å². The van der Waals surface area contributed by atoms with Crippen molar-refractivity contribution in [3.8, 4) is 11.5 Å². The van der Waals surface area contributed by atoms with E-state index in [1.165, 1.54) is 24.3 Å². The summed E-state index contributed by atoms with van der Waals surface area (Å²) in [5.41, 5.74) is 1.48. The highest BCUT2D eigenvalue weighted by Gasteiger charge is 2.16. The van der Waals surface area contributed by atoms with Crippen molar-refractivity contribution in [1.29, 1.82) is 0 Å². The van der Waals surface area contributed by atoms with Crippen LogP contribution >= 0.6 is 11.6 Å². The van der Waals surface area contributed by atoms with Crippen LogP contribution in [0.15, 0.2) is 42.5 Å². The van der Waals surface area contributed by atoms with Gasteiger partial charge in [0.05, 0.1) is 11.1 Å². The maximum absolute atomic E-state index is 13.0. The molecule has 1 aliphatic heterocycles. The summed E-state index contributed by atoms with van der Waals surface area (Å²) >= 11 is 5.92. The molecule has 1 heterocycles. The second-order valence-electron chi connectivity index (χ2n) is 5.34. The van der Waals surface area contributed by atoms with Gasteiger partial charge in [-0.15, -0.1) is 0 Å². The van der Waals surface area contributed by atoms with E-state index in [1.54, 1.807) is 6.08 Å². The van der Waals surface area contributed by atoms with Crippen molar-refractivity contribution in [2.75, 3.05) is 6.79 Å².